The van der Waals surface area contributed by atoms with Gasteiger partial charge < -0.3 is 10.2 Å². The van der Waals surface area contributed by atoms with Gasteiger partial charge in [0.15, 0.2) is 0 Å². The Kier molecular flexibility index (Phi) is 4.80. The predicted molar refractivity (Wildman–Crippen MR) is 123 cm³/mol. The van der Waals surface area contributed by atoms with Crippen LogP contribution in [0.1, 0.15) is 43.2 Å². The van der Waals surface area contributed by atoms with E-state index in [1.807, 2.05) is 12.3 Å². The van der Waals surface area contributed by atoms with Crippen LogP contribution in [0.5, 0.6) is 0 Å². The molecular weight excluding hydrogens is 386 g/mol. The number of piperidine rings is 3. The number of rotatable bonds is 4. The first kappa shape index (κ1) is 19.4. The number of pyridine rings is 1. The third kappa shape index (κ3) is 3.66. The molecule has 6 heterocycles. The van der Waals surface area contributed by atoms with E-state index < -0.39 is 0 Å². The van der Waals surface area contributed by atoms with Crippen molar-refractivity contribution in [3.8, 4) is 0 Å². The van der Waals surface area contributed by atoms with E-state index in [0.29, 0.717) is 36.4 Å². The molecule has 0 spiro atoms. The molecule has 1 aromatic carbocycles. The number of nitrogens with one attached hydrogen (secondary N) is 1. The Morgan fingerprint density at radius 2 is 2.10 bits per heavy atom. The van der Waals surface area contributed by atoms with Crippen LogP contribution in [0.25, 0.3) is 10.9 Å². The Morgan fingerprint density at radius 1 is 1.19 bits per heavy atom. The van der Waals surface area contributed by atoms with E-state index in [9.17, 15) is 4.79 Å². The summed E-state index contributed by atoms with van der Waals surface area (Å²) in [6.07, 6.45) is 5.47. The Bertz CT molecular complexity index is 1040. The molecule has 1 N–H and O–H groups in total. The first-order chi connectivity index (χ1) is 15.2. The summed E-state index contributed by atoms with van der Waals surface area (Å²) >= 11 is 0. The first-order valence-corrected chi connectivity index (χ1v) is 11.8. The van der Waals surface area contributed by atoms with E-state index in [1.165, 1.54) is 29.4 Å². The average molecular weight is 418 g/mol. The van der Waals surface area contributed by atoms with Crippen molar-refractivity contribution >= 4 is 22.5 Å². The zero-order chi connectivity index (χ0) is 20.9. The van der Waals surface area contributed by atoms with Gasteiger partial charge in [0.05, 0.1) is 24.3 Å². The van der Waals surface area contributed by atoms with Crippen molar-refractivity contribution in [3.63, 3.8) is 0 Å². The van der Waals surface area contributed by atoms with Crippen molar-refractivity contribution in [1.29, 1.82) is 0 Å². The minimum Gasteiger partial charge on any atom is -0.341 e. The van der Waals surface area contributed by atoms with Gasteiger partial charge in [-0.05, 0) is 36.8 Å². The zero-order valence-electron chi connectivity index (χ0n) is 18.3. The summed E-state index contributed by atoms with van der Waals surface area (Å²) in [5.41, 5.74) is 4.72. The van der Waals surface area contributed by atoms with Crippen molar-refractivity contribution < 1.29 is 4.79 Å². The predicted octanol–water partition coefficient (Wildman–Crippen LogP) is 2.43. The molecule has 162 valence electrons. The lowest BCUT2D eigenvalue weighted by Gasteiger charge is -2.46. The van der Waals surface area contributed by atoms with Crippen molar-refractivity contribution in [1.82, 2.24) is 20.1 Å². The molecule has 0 saturated carbocycles. The van der Waals surface area contributed by atoms with Crippen LogP contribution in [0.4, 0.5) is 0 Å². The van der Waals surface area contributed by atoms with Crippen LogP contribution in [0.3, 0.4) is 0 Å². The van der Waals surface area contributed by atoms with Crippen LogP contribution in [-0.4, -0.2) is 77.8 Å². The van der Waals surface area contributed by atoms with Gasteiger partial charge in [0.2, 0.25) is 5.91 Å². The molecule has 2 unspecified atom stereocenters. The summed E-state index contributed by atoms with van der Waals surface area (Å²) in [7, 11) is 0. The number of hydrogen-bond acceptors (Lipinski definition) is 5. The molecule has 2 bridgehead atoms. The Hall–Kier alpha value is -2.31. The number of amides is 1. The van der Waals surface area contributed by atoms with Gasteiger partial charge in [-0.3, -0.25) is 19.7 Å². The summed E-state index contributed by atoms with van der Waals surface area (Å²) in [6, 6.07) is 9.77. The lowest BCUT2D eigenvalue weighted by molar-refractivity contribution is -0.136. The van der Waals surface area contributed by atoms with E-state index in [2.05, 4.69) is 45.2 Å². The molecular formula is C25H31N5O. The van der Waals surface area contributed by atoms with Crippen LogP contribution in [-0.2, 0) is 4.79 Å². The Morgan fingerprint density at radius 3 is 2.84 bits per heavy atom. The average Bonchev–Trinajstić information content (AvgIpc) is 3.64. The van der Waals surface area contributed by atoms with E-state index in [4.69, 9.17) is 4.98 Å². The molecule has 31 heavy (non-hydrogen) atoms. The van der Waals surface area contributed by atoms with Gasteiger partial charge in [-0.1, -0.05) is 25.1 Å². The zero-order valence-corrected chi connectivity index (χ0v) is 18.3. The molecule has 4 fully saturated rings. The number of nitrogens with zero attached hydrogens (tertiary/aromatic N) is 4. The highest BCUT2D eigenvalue weighted by Gasteiger charge is 2.36. The highest BCUT2D eigenvalue weighted by atomic mass is 16.2. The number of hydrogen-bond donors (Lipinski definition) is 1. The minimum atomic E-state index is 0.301. The monoisotopic (exact) mass is 417 g/mol. The maximum absolute atomic E-state index is 13.3. The van der Waals surface area contributed by atoms with Crippen LogP contribution in [0, 0.1) is 5.92 Å². The highest BCUT2D eigenvalue weighted by molar-refractivity contribution is 6.17. The normalized spacial score (nSPS) is 30.5. The summed E-state index contributed by atoms with van der Waals surface area (Å²) in [5, 5.41) is 4.81. The van der Waals surface area contributed by atoms with Crippen LogP contribution >= 0.6 is 0 Å². The molecule has 4 atom stereocenters. The van der Waals surface area contributed by atoms with Crippen molar-refractivity contribution in [2.45, 2.75) is 44.2 Å². The SMILES string of the molecule is C[C@@H]1C[C@H](c2ccc(C3=NC3)c3ncccc23)CN(C(=O)CN2CC3CCC2CN3)C1. The van der Waals surface area contributed by atoms with Crippen LogP contribution < -0.4 is 5.32 Å². The standard InChI is InChI=1S/C25H31N5O/c1-16-9-17(20-6-7-22(23-11-28-23)25-21(20)3-2-8-26-25)13-30(12-16)24(31)15-29-14-18-4-5-19(29)10-27-18/h2-3,6-8,16-19,27H,4-5,9-15H2,1H3/t16-,17+,18?,19?/m1/s1. The maximum atomic E-state index is 13.3. The second-order valence-electron chi connectivity index (χ2n) is 9.97. The third-order valence-electron chi connectivity index (χ3n) is 7.68. The highest BCUT2D eigenvalue weighted by Crippen LogP contribution is 2.36. The molecule has 6 nitrogen and oxygen atoms in total. The number of aromatic nitrogens is 1. The van der Waals surface area contributed by atoms with Gasteiger partial charge in [-0.25, -0.2) is 0 Å². The van der Waals surface area contributed by atoms with Crippen molar-refractivity contribution in [2.75, 3.05) is 39.3 Å². The lowest BCUT2D eigenvalue weighted by Crippen LogP contribution is -2.62. The molecule has 5 aliphatic rings. The molecule has 0 radical (unpaired) electrons. The number of fused-ring (bicyclic) bond motifs is 4. The van der Waals surface area contributed by atoms with E-state index in [1.54, 1.807) is 0 Å². The summed E-state index contributed by atoms with van der Waals surface area (Å²) < 4.78 is 0. The number of benzene rings is 1. The minimum absolute atomic E-state index is 0.301. The quantitative estimate of drug-likeness (QED) is 0.830. The molecule has 5 aliphatic heterocycles. The van der Waals surface area contributed by atoms with E-state index in [-0.39, 0.29) is 0 Å². The van der Waals surface area contributed by atoms with Gasteiger partial charge in [-0.15, -0.1) is 0 Å². The molecule has 1 amide bonds. The molecule has 4 saturated heterocycles. The van der Waals surface area contributed by atoms with Gasteiger partial charge in [0, 0.05) is 61.3 Å². The van der Waals surface area contributed by atoms with E-state index >= 15 is 0 Å². The topological polar surface area (TPSA) is 60.8 Å². The summed E-state index contributed by atoms with van der Waals surface area (Å²) in [6.45, 7) is 7.44. The second-order valence-corrected chi connectivity index (χ2v) is 9.97. The van der Waals surface area contributed by atoms with Gasteiger partial charge in [0.25, 0.3) is 0 Å². The van der Waals surface area contributed by atoms with Crippen molar-refractivity contribution in [3.05, 3.63) is 41.6 Å². The summed E-state index contributed by atoms with van der Waals surface area (Å²) in [4.78, 5) is 27.0. The van der Waals surface area contributed by atoms with Crippen LogP contribution in [0.15, 0.2) is 35.5 Å². The summed E-state index contributed by atoms with van der Waals surface area (Å²) in [5.74, 6) is 1.16. The second kappa shape index (κ2) is 7.68. The van der Waals surface area contributed by atoms with Crippen molar-refractivity contribution in [2.24, 2.45) is 10.9 Å². The maximum Gasteiger partial charge on any atom is 0.236 e. The first-order valence-electron chi connectivity index (χ1n) is 11.8. The molecule has 6 heteroatoms. The number of carbonyl (C=O) groups excluding carboxylic acids is 1. The van der Waals surface area contributed by atoms with Gasteiger partial charge in [-0.2, -0.15) is 0 Å². The smallest absolute Gasteiger partial charge is 0.236 e. The molecule has 7 rings (SSSR count). The fraction of sp³-hybridized carbons (Fsp3) is 0.560. The molecule has 0 aliphatic carbocycles. The van der Waals surface area contributed by atoms with Gasteiger partial charge in [0.1, 0.15) is 0 Å². The number of carbonyl (C=O) groups is 1. The Balaban J connectivity index is 1.23. The number of aliphatic imine (C=N–C) groups is 1. The van der Waals surface area contributed by atoms with Crippen LogP contribution in [0.2, 0.25) is 0 Å². The number of piperazine rings is 1. The molecule has 1 aromatic heterocycles. The lowest BCUT2D eigenvalue weighted by atomic mass is 9.83. The molecule has 2 aromatic rings. The third-order valence-corrected chi connectivity index (χ3v) is 7.68. The fourth-order valence-corrected chi connectivity index (χ4v) is 6.04. The van der Waals surface area contributed by atoms with Gasteiger partial charge >= 0.3 is 0 Å². The van der Waals surface area contributed by atoms with E-state index in [0.717, 1.165) is 50.4 Å². The Labute approximate surface area is 183 Å². The largest absolute Gasteiger partial charge is 0.341 e. The number of likely N-dealkylation sites (tertiary alicyclic amines) is 1. The fourth-order valence-electron chi connectivity index (χ4n) is 6.04.